The second-order valence-electron chi connectivity index (χ2n) is 5.01. The Morgan fingerprint density at radius 3 is 2.88 bits per heavy atom. The van der Waals surface area contributed by atoms with Crippen LogP contribution in [0.4, 0.5) is 10.7 Å². The lowest BCUT2D eigenvalue weighted by Crippen LogP contribution is -2.11. The van der Waals surface area contributed by atoms with Gasteiger partial charge in [-0.15, -0.1) is 10.2 Å². The van der Waals surface area contributed by atoms with Crippen molar-refractivity contribution in [3.63, 3.8) is 0 Å². The van der Waals surface area contributed by atoms with Crippen LogP contribution in [0.5, 0.6) is 5.75 Å². The van der Waals surface area contributed by atoms with E-state index in [2.05, 4.69) is 19.6 Å². The number of carbonyl (C=O) groups excluding carboxylic acids is 1. The van der Waals surface area contributed by atoms with E-state index in [4.69, 9.17) is 22.6 Å². The Morgan fingerprint density at radius 1 is 1.44 bits per heavy atom. The third kappa shape index (κ3) is 3.00. The molecule has 1 amide bonds. The molecule has 8 nitrogen and oxygen atoms in total. The number of primary amides is 1. The number of hydrogen-bond acceptors (Lipinski definition) is 8. The lowest BCUT2D eigenvalue weighted by atomic mass is 10.1. The van der Waals surface area contributed by atoms with Crippen LogP contribution in [-0.4, -0.2) is 20.4 Å². The molecule has 2 aromatic heterocycles. The molecule has 0 aliphatic heterocycles. The molecule has 3 N–H and O–H groups in total. The van der Waals surface area contributed by atoms with Gasteiger partial charge < -0.3 is 10.8 Å². The van der Waals surface area contributed by atoms with Crippen molar-refractivity contribution in [3.8, 4) is 11.8 Å². The van der Waals surface area contributed by atoms with Crippen molar-refractivity contribution in [2.75, 3.05) is 0 Å². The number of nitriles is 1. The molecule has 1 aromatic carbocycles. The van der Waals surface area contributed by atoms with Crippen molar-refractivity contribution in [2.24, 2.45) is 16.0 Å². The van der Waals surface area contributed by atoms with Gasteiger partial charge >= 0.3 is 0 Å². The maximum Gasteiger partial charge on any atom is 0.252 e. The zero-order chi connectivity index (χ0) is 18.1. The van der Waals surface area contributed by atoms with Gasteiger partial charge in [0.15, 0.2) is 5.00 Å². The highest BCUT2D eigenvalue weighted by Crippen LogP contribution is 2.35. The number of halogens is 1. The maximum absolute atomic E-state index is 11.4. The Bertz CT molecular complexity index is 1090. The standard InChI is InChI=1S/C15H9ClN6O2S/c1-6-2-7(3-8(12(6)23)14(18)24)20-21-15-10-5-19-13(16)9(4-17)11(10)22-25-15/h2-3,5,23H,1H3,(H2,18,24)/b21-20+. The fourth-order valence-corrected chi connectivity index (χ4v) is 3.02. The van der Waals surface area contributed by atoms with Gasteiger partial charge in [-0.05, 0) is 36.2 Å². The Hall–Kier alpha value is -3.09. The van der Waals surface area contributed by atoms with Gasteiger partial charge in [0.25, 0.3) is 5.91 Å². The number of rotatable bonds is 3. The second kappa shape index (κ2) is 6.43. The molecule has 3 aromatic rings. The molecule has 10 heteroatoms. The van der Waals surface area contributed by atoms with Crippen molar-refractivity contribution in [1.29, 1.82) is 5.26 Å². The van der Waals surface area contributed by atoms with E-state index in [0.717, 1.165) is 11.5 Å². The molecule has 25 heavy (non-hydrogen) atoms. The van der Waals surface area contributed by atoms with Crippen molar-refractivity contribution in [3.05, 3.63) is 40.2 Å². The van der Waals surface area contributed by atoms with E-state index in [1.54, 1.807) is 13.0 Å². The van der Waals surface area contributed by atoms with Crippen molar-refractivity contribution < 1.29 is 9.90 Å². The van der Waals surface area contributed by atoms with Gasteiger partial charge in [0.2, 0.25) is 0 Å². The molecule has 2 heterocycles. The molecule has 3 rings (SSSR count). The van der Waals surface area contributed by atoms with E-state index in [-0.39, 0.29) is 22.0 Å². The van der Waals surface area contributed by atoms with Crippen molar-refractivity contribution in [2.45, 2.75) is 6.92 Å². The van der Waals surface area contributed by atoms with Crippen molar-refractivity contribution >= 4 is 50.6 Å². The molecule has 0 spiro atoms. The first kappa shape index (κ1) is 16.8. The minimum absolute atomic E-state index is 0.0386. The molecule has 0 bridgehead atoms. The van der Waals surface area contributed by atoms with E-state index in [9.17, 15) is 9.90 Å². The summed E-state index contributed by atoms with van der Waals surface area (Å²) in [5.41, 5.74) is 6.56. The number of carbonyl (C=O) groups is 1. The molecule has 0 saturated carbocycles. The third-order valence-electron chi connectivity index (χ3n) is 3.38. The fraction of sp³-hybridized carbons (Fsp3) is 0.0667. The van der Waals surface area contributed by atoms with Crippen molar-refractivity contribution in [1.82, 2.24) is 9.36 Å². The van der Waals surface area contributed by atoms with E-state index >= 15 is 0 Å². The van der Waals surface area contributed by atoms with E-state index in [0.29, 0.717) is 27.2 Å². The van der Waals surface area contributed by atoms with E-state index in [1.165, 1.54) is 12.3 Å². The number of phenols is 1. The highest BCUT2D eigenvalue weighted by atomic mass is 35.5. The van der Waals surface area contributed by atoms with Crippen LogP contribution in [0.2, 0.25) is 5.15 Å². The SMILES string of the molecule is Cc1cc(/N=N/c2snc3c(C#N)c(Cl)ncc23)cc(C(N)=O)c1O. The minimum Gasteiger partial charge on any atom is -0.507 e. The number of fused-ring (bicyclic) bond motifs is 1. The van der Waals surface area contributed by atoms with E-state index < -0.39 is 5.91 Å². The summed E-state index contributed by atoms with van der Waals surface area (Å²) in [6.07, 6.45) is 1.47. The topological polar surface area (TPSA) is 138 Å². The van der Waals surface area contributed by atoms with Gasteiger partial charge in [-0.3, -0.25) is 4.79 Å². The molecular formula is C15H9ClN6O2S. The summed E-state index contributed by atoms with van der Waals surface area (Å²) in [5.74, 6) is -0.953. The monoisotopic (exact) mass is 372 g/mol. The Kier molecular flexibility index (Phi) is 4.31. The molecule has 124 valence electrons. The van der Waals surface area contributed by atoms with Crippen LogP contribution in [0.3, 0.4) is 0 Å². The molecule has 0 radical (unpaired) electrons. The number of pyridine rings is 1. The van der Waals surface area contributed by atoms with Gasteiger partial charge in [0.05, 0.1) is 16.6 Å². The number of hydrogen-bond donors (Lipinski definition) is 2. The van der Waals surface area contributed by atoms with Gasteiger partial charge in [-0.25, -0.2) is 4.98 Å². The Morgan fingerprint density at radius 2 is 2.20 bits per heavy atom. The lowest BCUT2D eigenvalue weighted by Gasteiger charge is -2.04. The predicted octanol–water partition coefficient (Wildman–Crippen LogP) is 3.74. The second-order valence-corrected chi connectivity index (χ2v) is 6.12. The van der Waals surface area contributed by atoms with Crippen LogP contribution >= 0.6 is 23.1 Å². The first-order valence-electron chi connectivity index (χ1n) is 6.81. The molecule has 0 aliphatic carbocycles. The summed E-state index contributed by atoms with van der Waals surface area (Å²) >= 11 is 6.91. The largest absolute Gasteiger partial charge is 0.507 e. The number of nitrogens with two attached hydrogens (primary N) is 1. The summed E-state index contributed by atoms with van der Waals surface area (Å²) in [5, 5.41) is 28.2. The van der Waals surface area contributed by atoms with Crippen LogP contribution in [-0.2, 0) is 0 Å². The fourth-order valence-electron chi connectivity index (χ4n) is 2.15. The number of azo groups is 1. The van der Waals surface area contributed by atoms with Crippen LogP contribution in [0.15, 0.2) is 28.6 Å². The normalized spacial score (nSPS) is 11.1. The molecule has 0 unspecified atom stereocenters. The number of aryl methyl sites for hydroxylation is 1. The maximum atomic E-state index is 11.4. The van der Waals surface area contributed by atoms with Crippen LogP contribution in [0.25, 0.3) is 10.9 Å². The third-order valence-corrected chi connectivity index (χ3v) is 4.41. The van der Waals surface area contributed by atoms with Crippen LogP contribution in [0.1, 0.15) is 21.5 Å². The number of aromatic hydroxyl groups is 1. The zero-order valence-corrected chi connectivity index (χ0v) is 14.3. The average Bonchev–Trinajstić information content (AvgIpc) is 2.98. The molecule has 0 atom stereocenters. The van der Waals surface area contributed by atoms with Gasteiger partial charge in [0, 0.05) is 6.20 Å². The first-order valence-corrected chi connectivity index (χ1v) is 7.96. The number of benzene rings is 1. The molecular weight excluding hydrogens is 364 g/mol. The molecule has 0 saturated heterocycles. The van der Waals surface area contributed by atoms with Gasteiger partial charge in [-0.2, -0.15) is 9.64 Å². The first-order chi connectivity index (χ1) is 11.9. The quantitative estimate of drug-likeness (QED) is 0.532. The molecule has 0 fully saturated rings. The Balaban J connectivity index is 2.05. The summed E-state index contributed by atoms with van der Waals surface area (Å²) < 4.78 is 4.17. The summed E-state index contributed by atoms with van der Waals surface area (Å²) in [6, 6.07) is 4.86. The van der Waals surface area contributed by atoms with Gasteiger partial charge in [-0.1, -0.05) is 11.6 Å². The predicted molar refractivity (Wildman–Crippen MR) is 92.7 cm³/mol. The van der Waals surface area contributed by atoms with Crippen LogP contribution in [0, 0.1) is 18.3 Å². The average molecular weight is 373 g/mol. The zero-order valence-electron chi connectivity index (χ0n) is 12.7. The lowest BCUT2D eigenvalue weighted by molar-refractivity contribution is 0.0997. The van der Waals surface area contributed by atoms with Crippen LogP contribution < -0.4 is 5.73 Å². The smallest absolute Gasteiger partial charge is 0.252 e. The highest BCUT2D eigenvalue weighted by molar-refractivity contribution is 7.11. The highest BCUT2D eigenvalue weighted by Gasteiger charge is 2.15. The number of amides is 1. The summed E-state index contributed by atoms with van der Waals surface area (Å²) in [7, 11) is 0. The number of aromatic nitrogens is 2. The number of nitrogens with zero attached hydrogens (tertiary/aromatic N) is 5. The minimum atomic E-state index is -0.765. The van der Waals surface area contributed by atoms with Gasteiger partial charge in [0.1, 0.15) is 28.1 Å². The summed E-state index contributed by atoms with van der Waals surface area (Å²) in [6.45, 7) is 1.62. The molecule has 0 aliphatic rings. The summed E-state index contributed by atoms with van der Waals surface area (Å²) in [4.78, 5) is 15.3. The van der Waals surface area contributed by atoms with E-state index in [1.807, 2.05) is 6.07 Å². The Labute approximate surface area is 150 Å².